The molecule has 2 amide bonds. The van der Waals surface area contributed by atoms with Crippen LogP contribution < -0.4 is 20.1 Å². The van der Waals surface area contributed by atoms with Crippen LogP contribution in [0.1, 0.15) is 18.4 Å². The molecule has 1 heterocycles. The van der Waals surface area contributed by atoms with Gasteiger partial charge in [-0.15, -0.1) is 0 Å². The Morgan fingerprint density at radius 2 is 1.74 bits per heavy atom. The molecule has 2 aromatic carbocycles. The van der Waals surface area contributed by atoms with Crippen molar-refractivity contribution < 1.29 is 19.1 Å². The molecule has 7 heteroatoms. The molecule has 2 aromatic rings. The van der Waals surface area contributed by atoms with Crippen molar-refractivity contribution in [2.45, 2.75) is 19.4 Å². The Balaban J connectivity index is 1.40. The molecule has 27 heavy (non-hydrogen) atoms. The molecule has 0 unspecified atom stereocenters. The minimum absolute atomic E-state index is 0.280. The van der Waals surface area contributed by atoms with E-state index in [9.17, 15) is 9.59 Å². The molecule has 140 valence electrons. The summed E-state index contributed by atoms with van der Waals surface area (Å²) in [7, 11) is 0. The number of hydrogen-bond acceptors (Lipinski definition) is 4. The maximum Gasteiger partial charge on any atom is 0.240 e. The molecular weight excluding hydrogens is 368 g/mol. The second kappa shape index (κ2) is 7.12. The van der Waals surface area contributed by atoms with Crippen LogP contribution in [0.2, 0.25) is 5.02 Å². The molecule has 0 atom stereocenters. The molecule has 0 radical (unpaired) electrons. The molecule has 6 nitrogen and oxygen atoms in total. The summed E-state index contributed by atoms with van der Waals surface area (Å²) in [6.45, 7) is 1.27. The molecule has 1 aliphatic carbocycles. The number of fused-ring (bicyclic) bond motifs is 1. The van der Waals surface area contributed by atoms with Gasteiger partial charge >= 0.3 is 0 Å². The molecule has 1 aliphatic heterocycles. The lowest BCUT2D eigenvalue weighted by molar-refractivity contribution is -0.134. The molecule has 1 fully saturated rings. The Morgan fingerprint density at radius 3 is 2.48 bits per heavy atom. The summed E-state index contributed by atoms with van der Waals surface area (Å²) < 4.78 is 11.0. The lowest BCUT2D eigenvalue weighted by atomic mass is 10.0. The van der Waals surface area contributed by atoms with E-state index in [1.807, 2.05) is 18.2 Å². The Bertz CT molecular complexity index is 895. The van der Waals surface area contributed by atoms with Gasteiger partial charge in [-0.1, -0.05) is 29.8 Å². The highest BCUT2D eigenvalue weighted by Gasteiger charge is 2.56. The van der Waals surface area contributed by atoms with E-state index in [0.29, 0.717) is 48.3 Å². The highest BCUT2D eigenvalue weighted by Crippen LogP contribution is 2.47. The number of benzene rings is 2. The lowest BCUT2D eigenvalue weighted by Gasteiger charge is -2.20. The third-order valence-electron chi connectivity index (χ3n) is 4.82. The zero-order valence-electron chi connectivity index (χ0n) is 14.6. The van der Waals surface area contributed by atoms with Crippen LogP contribution >= 0.6 is 11.6 Å². The van der Waals surface area contributed by atoms with Gasteiger partial charge in [0.1, 0.15) is 18.6 Å². The number of ether oxygens (including phenoxy) is 2. The summed E-state index contributed by atoms with van der Waals surface area (Å²) in [6.07, 6.45) is 1.05. The maximum atomic E-state index is 12.7. The predicted octanol–water partition coefficient (Wildman–Crippen LogP) is 3.15. The van der Waals surface area contributed by atoms with Gasteiger partial charge in [-0.2, -0.15) is 0 Å². The number of carbonyl (C=O) groups is 2. The van der Waals surface area contributed by atoms with Crippen LogP contribution in [0.4, 0.5) is 5.69 Å². The van der Waals surface area contributed by atoms with Gasteiger partial charge in [-0.05, 0) is 36.6 Å². The first-order chi connectivity index (χ1) is 13.1. The van der Waals surface area contributed by atoms with E-state index in [1.54, 1.807) is 24.3 Å². The summed E-state index contributed by atoms with van der Waals surface area (Å²) in [6, 6.07) is 12.5. The van der Waals surface area contributed by atoms with E-state index < -0.39 is 5.41 Å². The van der Waals surface area contributed by atoms with Crippen molar-refractivity contribution in [3.63, 3.8) is 0 Å². The molecule has 2 N–H and O–H groups in total. The average Bonchev–Trinajstić information content (AvgIpc) is 3.49. The number of nitrogens with one attached hydrogen (secondary N) is 2. The summed E-state index contributed by atoms with van der Waals surface area (Å²) in [4.78, 5) is 25.3. The van der Waals surface area contributed by atoms with Gasteiger partial charge in [0, 0.05) is 23.3 Å². The van der Waals surface area contributed by atoms with Crippen LogP contribution in [0.25, 0.3) is 0 Å². The number of anilines is 1. The molecule has 0 spiro atoms. The number of carbonyl (C=O) groups excluding carboxylic acids is 2. The fourth-order valence-electron chi connectivity index (χ4n) is 3.04. The number of halogens is 1. The largest absolute Gasteiger partial charge is 0.486 e. The summed E-state index contributed by atoms with van der Waals surface area (Å²) >= 11 is 6.11. The highest BCUT2D eigenvalue weighted by atomic mass is 35.5. The average molecular weight is 387 g/mol. The van der Waals surface area contributed by atoms with E-state index >= 15 is 0 Å². The quantitative estimate of drug-likeness (QED) is 0.774. The number of amides is 2. The second-order valence-electron chi connectivity index (χ2n) is 6.67. The minimum Gasteiger partial charge on any atom is -0.486 e. The Labute approximate surface area is 161 Å². The minimum atomic E-state index is -1.02. The predicted molar refractivity (Wildman–Crippen MR) is 101 cm³/mol. The van der Waals surface area contributed by atoms with Crippen LogP contribution in [0, 0.1) is 5.41 Å². The fourth-order valence-corrected chi connectivity index (χ4v) is 3.24. The molecule has 4 rings (SSSR count). The smallest absolute Gasteiger partial charge is 0.240 e. The second-order valence-corrected chi connectivity index (χ2v) is 7.08. The van der Waals surface area contributed by atoms with Crippen LogP contribution in [0.3, 0.4) is 0 Å². The van der Waals surface area contributed by atoms with Crippen LogP contribution in [-0.2, 0) is 16.1 Å². The van der Waals surface area contributed by atoms with Gasteiger partial charge in [0.2, 0.25) is 11.8 Å². The summed E-state index contributed by atoms with van der Waals surface area (Å²) in [5.41, 5.74) is 0.374. The van der Waals surface area contributed by atoms with Gasteiger partial charge < -0.3 is 20.1 Å². The van der Waals surface area contributed by atoms with Crippen LogP contribution in [0.5, 0.6) is 11.5 Å². The molecule has 1 saturated carbocycles. The van der Waals surface area contributed by atoms with E-state index in [1.165, 1.54) is 0 Å². The topological polar surface area (TPSA) is 76.7 Å². The highest BCUT2D eigenvalue weighted by molar-refractivity contribution is 6.31. The standard InChI is InChI=1S/C20H19ClN2O4/c21-15-4-2-1-3-13(15)12-22-18(24)20(7-8-20)19(25)23-14-5-6-16-17(11-14)27-10-9-26-16/h1-6,11H,7-10,12H2,(H,22,24)(H,23,25). The van der Waals surface area contributed by atoms with E-state index in [0.717, 1.165) is 5.56 Å². The zero-order chi connectivity index (χ0) is 18.9. The molecule has 2 aliphatic rings. The van der Waals surface area contributed by atoms with Gasteiger partial charge in [0.25, 0.3) is 0 Å². The molecule has 0 saturated heterocycles. The summed E-state index contributed by atoms with van der Waals surface area (Å²) in [5.74, 6) is 0.651. The van der Waals surface area contributed by atoms with E-state index in [2.05, 4.69) is 10.6 Å². The van der Waals surface area contributed by atoms with E-state index in [-0.39, 0.29) is 18.4 Å². The SMILES string of the molecule is O=C(NCc1ccccc1Cl)C1(C(=O)Nc2ccc3c(c2)OCCO3)CC1. The number of rotatable bonds is 5. The van der Waals surface area contributed by atoms with Crippen molar-refractivity contribution in [3.05, 3.63) is 53.1 Å². The molecule has 0 bridgehead atoms. The van der Waals surface area contributed by atoms with Crippen molar-refractivity contribution in [3.8, 4) is 11.5 Å². The first-order valence-corrected chi connectivity index (χ1v) is 9.19. The van der Waals surface area contributed by atoms with Gasteiger partial charge in [-0.3, -0.25) is 9.59 Å². The van der Waals surface area contributed by atoms with Crippen LogP contribution in [-0.4, -0.2) is 25.0 Å². The Kier molecular flexibility index (Phi) is 4.66. The lowest BCUT2D eigenvalue weighted by Crippen LogP contribution is -2.39. The van der Waals surface area contributed by atoms with Gasteiger partial charge in [0.05, 0.1) is 0 Å². The van der Waals surface area contributed by atoms with Crippen molar-refractivity contribution in [1.29, 1.82) is 0 Å². The third kappa shape index (κ3) is 3.57. The van der Waals surface area contributed by atoms with Crippen molar-refractivity contribution in [1.82, 2.24) is 5.32 Å². The number of hydrogen-bond donors (Lipinski definition) is 2. The van der Waals surface area contributed by atoms with E-state index in [4.69, 9.17) is 21.1 Å². The molecular formula is C20H19ClN2O4. The van der Waals surface area contributed by atoms with Crippen molar-refractivity contribution in [2.75, 3.05) is 18.5 Å². The normalized spacial score (nSPS) is 16.3. The summed E-state index contributed by atoms with van der Waals surface area (Å²) in [5, 5.41) is 6.24. The van der Waals surface area contributed by atoms with Crippen LogP contribution in [0.15, 0.2) is 42.5 Å². The maximum absolute atomic E-state index is 12.7. The molecule has 0 aromatic heterocycles. The Hall–Kier alpha value is -2.73. The Morgan fingerprint density at radius 1 is 1.00 bits per heavy atom. The first kappa shape index (κ1) is 17.7. The first-order valence-electron chi connectivity index (χ1n) is 8.81. The fraction of sp³-hybridized carbons (Fsp3) is 0.300. The van der Waals surface area contributed by atoms with Crippen molar-refractivity contribution >= 4 is 29.1 Å². The zero-order valence-corrected chi connectivity index (χ0v) is 15.3. The van der Waals surface area contributed by atoms with Crippen molar-refractivity contribution in [2.24, 2.45) is 5.41 Å². The van der Waals surface area contributed by atoms with Gasteiger partial charge in [-0.25, -0.2) is 0 Å². The van der Waals surface area contributed by atoms with Gasteiger partial charge in [0.15, 0.2) is 11.5 Å². The third-order valence-corrected chi connectivity index (χ3v) is 5.19. The monoisotopic (exact) mass is 386 g/mol.